The SMILES string of the molecule is N#C/C(C(=O)Nc1ccc(Oc2ccc(Cl)cc2)c(Cl)c1)=C(/O)c1ccc(C(F)(F)F)cc1. The fourth-order valence-corrected chi connectivity index (χ4v) is 3.00. The van der Waals surface area contributed by atoms with Crippen molar-refractivity contribution in [2.24, 2.45) is 0 Å². The predicted molar refractivity (Wildman–Crippen MR) is 118 cm³/mol. The summed E-state index contributed by atoms with van der Waals surface area (Å²) in [6, 6.07) is 15.8. The van der Waals surface area contributed by atoms with Crippen LogP contribution in [0.2, 0.25) is 10.0 Å². The molecule has 0 aromatic heterocycles. The molecule has 0 spiro atoms. The zero-order valence-electron chi connectivity index (χ0n) is 16.5. The summed E-state index contributed by atoms with van der Waals surface area (Å²) in [6.07, 6.45) is -4.56. The van der Waals surface area contributed by atoms with Crippen LogP contribution in [-0.4, -0.2) is 11.0 Å². The van der Waals surface area contributed by atoms with E-state index in [1.165, 1.54) is 18.2 Å². The van der Waals surface area contributed by atoms with Gasteiger partial charge in [-0.25, -0.2) is 0 Å². The van der Waals surface area contributed by atoms with Crippen LogP contribution in [0.25, 0.3) is 5.76 Å². The fraction of sp³-hybridized carbons (Fsp3) is 0.0435. The molecule has 0 heterocycles. The second kappa shape index (κ2) is 9.86. The average Bonchev–Trinajstić information content (AvgIpc) is 2.77. The number of aliphatic hydroxyl groups excluding tert-OH is 1. The molecule has 10 heteroatoms. The largest absolute Gasteiger partial charge is 0.506 e. The minimum absolute atomic E-state index is 0.126. The second-order valence-corrected chi connectivity index (χ2v) is 7.41. The van der Waals surface area contributed by atoms with E-state index in [9.17, 15) is 28.3 Å². The second-order valence-electron chi connectivity index (χ2n) is 6.57. The molecule has 2 N–H and O–H groups in total. The van der Waals surface area contributed by atoms with Crippen molar-refractivity contribution in [1.29, 1.82) is 5.26 Å². The van der Waals surface area contributed by atoms with Gasteiger partial charge in [0.2, 0.25) is 0 Å². The van der Waals surface area contributed by atoms with E-state index < -0.39 is 29.0 Å². The van der Waals surface area contributed by atoms with E-state index in [1.807, 2.05) is 0 Å². The lowest BCUT2D eigenvalue weighted by atomic mass is 10.1. The van der Waals surface area contributed by atoms with Crippen molar-refractivity contribution < 1.29 is 27.8 Å². The van der Waals surface area contributed by atoms with Crippen molar-refractivity contribution in [2.45, 2.75) is 6.18 Å². The molecule has 0 bridgehead atoms. The molecular weight excluding hydrogens is 480 g/mol. The minimum atomic E-state index is -4.56. The van der Waals surface area contributed by atoms with Crippen molar-refractivity contribution in [3.05, 3.63) is 93.5 Å². The third-order valence-corrected chi connectivity index (χ3v) is 4.84. The maximum atomic E-state index is 12.7. The minimum Gasteiger partial charge on any atom is -0.506 e. The van der Waals surface area contributed by atoms with Gasteiger partial charge >= 0.3 is 6.18 Å². The summed E-state index contributed by atoms with van der Waals surface area (Å²) in [4.78, 5) is 12.5. The number of nitrogens with one attached hydrogen (secondary N) is 1. The van der Waals surface area contributed by atoms with E-state index in [0.29, 0.717) is 16.5 Å². The molecule has 3 aromatic carbocycles. The molecule has 0 aliphatic heterocycles. The Morgan fingerprint density at radius 2 is 1.64 bits per heavy atom. The highest BCUT2D eigenvalue weighted by molar-refractivity contribution is 6.32. The summed E-state index contributed by atoms with van der Waals surface area (Å²) in [5.41, 5.74) is -1.55. The molecule has 0 fully saturated rings. The highest BCUT2D eigenvalue weighted by Crippen LogP contribution is 2.33. The Kier molecular flexibility index (Phi) is 7.16. The number of amides is 1. The van der Waals surface area contributed by atoms with E-state index in [4.69, 9.17) is 27.9 Å². The molecule has 0 aliphatic carbocycles. The number of hydrogen-bond acceptors (Lipinski definition) is 4. The van der Waals surface area contributed by atoms with Crippen molar-refractivity contribution in [3.8, 4) is 17.6 Å². The highest BCUT2D eigenvalue weighted by atomic mass is 35.5. The van der Waals surface area contributed by atoms with Crippen LogP contribution < -0.4 is 10.1 Å². The number of hydrogen-bond donors (Lipinski definition) is 2. The molecule has 168 valence electrons. The topological polar surface area (TPSA) is 82.4 Å². The average molecular weight is 493 g/mol. The number of halogens is 5. The van der Waals surface area contributed by atoms with E-state index in [1.54, 1.807) is 30.3 Å². The Balaban J connectivity index is 1.77. The van der Waals surface area contributed by atoms with Crippen LogP contribution in [0, 0.1) is 11.3 Å². The van der Waals surface area contributed by atoms with Crippen LogP contribution in [0.1, 0.15) is 11.1 Å². The number of nitriles is 1. The first-order valence-electron chi connectivity index (χ1n) is 9.14. The van der Waals surface area contributed by atoms with Gasteiger partial charge < -0.3 is 15.2 Å². The van der Waals surface area contributed by atoms with Gasteiger partial charge in [-0.05, 0) is 54.6 Å². The molecule has 3 aromatic rings. The van der Waals surface area contributed by atoms with Gasteiger partial charge in [0, 0.05) is 16.3 Å². The highest BCUT2D eigenvalue weighted by Gasteiger charge is 2.30. The lowest BCUT2D eigenvalue weighted by molar-refractivity contribution is -0.137. The van der Waals surface area contributed by atoms with Crippen LogP contribution in [0.15, 0.2) is 72.3 Å². The first kappa shape index (κ1) is 24.0. The zero-order valence-corrected chi connectivity index (χ0v) is 18.0. The third-order valence-electron chi connectivity index (χ3n) is 4.29. The van der Waals surface area contributed by atoms with Gasteiger partial charge in [-0.15, -0.1) is 0 Å². The van der Waals surface area contributed by atoms with Crippen molar-refractivity contribution >= 4 is 40.6 Å². The van der Waals surface area contributed by atoms with Crippen LogP contribution in [0.3, 0.4) is 0 Å². The molecule has 0 atom stereocenters. The number of benzene rings is 3. The lowest BCUT2D eigenvalue weighted by Gasteiger charge is -2.11. The number of carbonyl (C=O) groups is 1. The maximum Gasteiger partial charge on any atom is 0.416 e. The van der Waals surface area contributed by atoms with E-state index in [2.05, 4.69) is 5.32 Å². The van der Waals surface area contributed by atoms with Crippen molar-refractivity contribution in [3.63, 3.8) is 0 Å². The van der Waals surface area contributed by atoms with Gasteiger partial charge in [-0.2, -0.15) is 18.4 Å². The van der Waals surface area contributed by atoms with Gasteiger partial charge in [-0.3, -0.25) is 4.79 Å². The number of carbonyl (C=O) groups excluding carboxylic acids is 1. The number of nitrogens with zero attached hydrogens (tertiary/aromatic N) is 1. The Hall–Kier alpha value is -3.67. The molecule has 0 saturated heterocycles. The van der Waals surface area contributed by atoms with Crippen LogP contribution >= 0.6 is 23.2 Å². The van der Waals surface area contributed by atoms with Gasteiger partial charge in [0.25, 0.3) is 5.91 Å². The van der Waals surface area contributed by atoms with Crippen molar-refractivity contribution in [1.82, 2.24) is 0 Å². The summed E-state index contributed by atoms with van der Waals surface area (Å²) in [7, 11) is 0. The van der Waals surface area contributed by atoms with E-state index >= 15 is 0 Å². The summed E-state index contributed by atoms with van der Waals surface area (Å²) in [5.74, 6) is -0.968. The van der Waals surface area contributed by atoms with Crippen LogP contribution in [0.5, 0.6) is 11.5 Å². The van der Waals surface area contributed by atoms with Crippen LogP contribution in [-0.2, 0) is 11.0 Å². The predicted octanol–water partition coefficient (Wildman–Crippen LogP) is 7.24. The molecule has 0 radical (unpaired) electrons. The fourth-order valence-electron chi connectivity index (χ4n) is 2.66. The molecule has 5 nitrogen and oxygen atoms in total. The molecule has 33 heavy (non-hydrogen) atoms. The standard InChI is InChI=1S/C23H13Cl2F3N2O3/c24-15-5-8-17(9-6-15)33-20-10-7-16(11-19(20)25)30-22(32)18(12-29)21(31)13-1-3-14(4-2-13)23(26,27)28/h1-11,31H,(H,30,32)/b21-18-. The van der Waals surface area contributed by atoms with Gasteiger partial charge in [0.15, 0.2) is 5.57 Å². The first-order chi connectivity index (χ1) is 15.6. The monoisotopic (exact) mass is 492 g/mol. The summed E-state index contributed by atoms with van der Waals surface area (Å²) < 4.78 is 43.7. The molecule has 0 saturated carbocycles. The van der Waals surface area contributed by atoms with E-state index in [0.717, 1.165) is 24.3 Å². The molecule has 0 unspecified atom stereocenters. The Labute approximate surface area is 196 Å². The van der Waals surface area contributed by atoms with E-state index in [-0.39, 0.29) is 16.3 Å². The number of aliphatic hydroxyl groups is 1. The molecule has 0 aliphatic rings. The lowest BCUT2D eigenvalue weighted by Crippen LogP contribution is -2.15. The number of anilines is 1. The van der Waals surface area contributed by atoms with Crippen molar-refractivity contribution in [2.75, 3.05) is 5.32 Å². The van der Waals surface area contributed by atoms with Gasteiger partial charge in [0.1, 0.15) is 23.3 Å². The summed E-state index contributed by atoms with van der Waals surface area (Å²) >= 11 is 12.0. The number of rotatable bonds is 5. The van der Waals surface area contributed by atoms with Gasteiger partial charge in [-0.1, -0.05) is 35.3 Å². The molecule has 3 rings (SSSR count). The quantitative estimate of drug-likeness (QED) is 0.223. The smallest absolute Gasteiger partial charge is 0.416 e. The van der Waals surface area contributed by atoms with Gasteiger partial charge in [0.05, 0.1) is 10.6 Å². The number of ether oxygens (including phenoxy) is 1. The first-order valence-corrected chi connectivity index (χ1v) is 9.89. The summed E-state index contributed by atoms with van der Waals surface area (Å²) in [6.45, 7) is 0. The third kappa shape index (κ3) is 5.98. The molecule has 1 amide bonds. The van der Waals surface area contributed by atoms with Crippen LogP contribution in [0.4, 0.5) is 18.9 Å². The Morgan fingerprint density at radius 1 is 1.00 bits per heavy atom. The summed E-state index contributed by atoms with van der Waals surface area (Å²) in [5, 5.41) is 22.7. The molecular formula is C23H13Cl2F3N2O3. The zero-order chi connectivity index (χ0) is 24.2. The maximum absolute atomic E-state index is 12.7. The Bertz CT molecular complexity index is 1250. The normalized spacial score (nSPS) is 11.9. The Morgan fingerprint density at radius 3 is 2.18 bits per heavy atom. The number of alkyl halides is 3.